The van der Waals surface area contributed by atoms with Crippen molar-refractivity contribution in [2.45, 2.75) is 6.92 Å². The van der Waals surface area contributed by atoms with Crippen molar-refractivity contribution in [2.75, 3.05) is 0 Å². The highest BCUT2D eigenvalue weighted by Gasteiger charge is 1.88. The minimum atomic E-state index is 0.945. The van der Waals surface area contributed by atoms with Gasteiger partial charge in [0.25, 0.3) is 0 Å². The summed E-state index contributed by atoms with van der Waals surface area (Å²) in [5.41, 5.74) is 1.29. The van der Waals surface area contributed by atoms with E-state index in [1.165, 1.54) is 10.9 Å². The van der Waals surface area contributed by atoms with Crippen LogP contribution in [0.3, 0.4) is 0 Å². The Morgan fingerprint density at radius 3 is 2.44 bits per heavy atom. The van der Waals surface area contributed by atoms with E-state index < -0.39 is 0 Å². The third kappa shape index (κ3) is 1.57. The maximum atomic E-state index is 4.88. The quantitative estimate of drug-likeness (QED) is 0.558. The lowest BCUT2D eigenvalue weighted by molar-refractivity contribution is 1.52. The molecule has 0 saturated carbocycles. The molecule has 0 bridgehead atoms. The van der Waals surface area contributed by atoms with Crippen LogP contribution in [0.25, 0.3) is 0 Å². The molecule has 0 amide bonds. The van der Waals surface area contributed by atoms with Gasteiger partial charge in [0.05, 0.1) is 0 Å². The van der Waals surface area contributed by atoms with Crippen LogP contribution in [-0.4, -0.2) is 0 Å². The standard InChI is InChI=1S/C7H7PS/c1-6-4-2-3-5-7(6)8-9/h2-5H,1H3. The molecular weight excluding hydrogens is 147 g/mol. The first kappa shape index (κ1) is 6.85. The molecule has 0 heterocycles. The fourth-order valence-corrected chi connectivity index (χ4v) is 1.65. The molecule has 46 valence electrons. The molecule has 0 N–H and O–H groups in total. The minimum absolute atomic E-state index is 0.945. The average molecular weight is 154 g/mol. The first-order valence-corrected chi connectivity index (χ1v) is 4.64. The zero-order valence-corrected chi connectivity index (χ0v) is 6.88. The van der Waals surface area contributed by atoms with E-state index in [9.17, 15) is 0 Å². The second-order valence-electron chi connectivity index (χ2n) is 1.88. The highest BCUT2D eigenvalue weighted by atomic mass is 32.4. The molecule has 1 aromatic carbocycles. The first-order chi connectivity index (χ1) is 4.34. The van der Waals surface area contributed by atoms with E-state index in [0.717, 1.165) is 7.36 Å². The molecule has 0 saturated heterocycles. The summed E-state index contributed by atoms with van der Waals surface area (Å²) < 4.78 is 0. The van der Waals surface area contributed by atoms with Crippen molar-refractivity contribution in [3.8, 4) is 0 Å². The molecule has 0 aromatic heterocycles. The topological polar surface area (TPSA) is 0 Å². The molecule has 0 fully saturated rings. The fourth-order valence-electron chi connectivity index (χ4n) is 0.666. The van der Waals surface area contributed by atoms with Crippen molar-refractivity contribution in [1.29, 1.82) is 0 Å². The van der Waals surface area contributed by atoms with Gasteiger partial charge in [-0.2, -0.15) is 0 Å². The number of benzene rings is 1. The highest BCUT2D eigenvalue weighted by molar-refractivity contribution is 7.99. The summed E-state index contributed by atoms with van der Waals surface area (Å²) in [5, 5.41) is 1.24. The highest BCUT2D eigenvalue weighted by Crippen LogP contribution is 2.00. The van der Waals surface area contributed by atoms with Crippen molar-refractivity contribution in [1.82, 2.24) is 0 Å². The number of rotatable bonds is 1. The molecule has 1 rings (SSSR count). The van der Waals surface area contributed by atoms with Crippen LogP contribution in [0.2, 0.25) is 0 Å². The van der Waals surface area contributed by atoms with Crippen LogP contribution in [0, 0.1) is 6.92 Å². The predicted molar refractivity (Wildman–Crippen MR) is 45.1 cm³/mol. The summed E-state index contributed by atoms with van der Waals surface area (Å²) in [5.74, 6) is 0. The van der Waals surface area contributed by atoms with Gasteiger partial charge in [-0.1, -0.05) is 30.0 Å². The van der Waals surface area contributed by atoms with E-state index in [1.54, 1.807) is 0 Å². The molecule has 2 heteroatoms. The van der Waals surface area contributed by atoms with Crippen LogP contribution >= 0.6 is 7.36 Å². The van der Waals surface area contributed by atoms with Gasteiger partial charge < -0.3 is 0 Å². The normalized spacial score (nSPS) is 9.89. The maximum Gasteiger partial charge on any atom is 0.0156 e. The Morgan fingerprint density at radius 2 is 2.00 bits per heavy atom. The molecule has 0 aliphatic carbocycles. The van der Waals surface area contributed by atoms with Gasteiger partial charge in [-0.15, -0.1) is 0 Å². The van der Waals surface area contributed by atoms with Crippen molar-refractivity contribution in [3.63, 3.8) is 0 Å². The van der Waals surface area contributed by atoms with Gasteiger partial charge in [0, 0.05) is 12.7 Å². The maximum absolute atomic E-state index is 4.88. The SMILES string of the molecule is Cc1ccccc1P=S. The Bertz CT molecular complexity index is 220. The van der Waals surface area contributed by atoms with Gasteiger partial charge in [-0.25, -0.2) is 0 Å². The van der Waals surface area contributed by atoms with Crippen molar-refractivity contribution >= 4 is 24.5 Å². The summed E-state index contributed by atoms with van der Waals surface area (Å²) in [4.78, 5) is 0. The number of hydrogen-bond acceptors (Lipinski definition) is 1. The molecule has 9 heavy (non-hydrogen) atoms. The number of hydrogen-bond donors (Lipinski definition) is 0. The van der Waals surface area contributed by atoms with Gasteiger partial charge in [0.1, 0.15) is 0 Å². The molecule has 1 aromatic rings. The van der Waals surface area contributed by atoms with Crippen LogP contribution < -0.4 is 5.30 Å². The van der Waals surface area contributed by atoms with E-state index in [2.05, 4.69) is 19.1 Å². The Hall–Kier alpha value is -0.260. The van der Waals surface area contributed by atoms with Gasteiger partial charge in [-0.3, -0.25) is 0 Å². The third-order valence-electron chi connectivity index (χ3n) is 1.21. The van der Waals surface area contributed by atoms with E-state index in [-0.39, 0.29) is 0 Å². The molecule has 0 aliphatic heterocycles. The summed E-state index contributed by atoms with van der Waals surface area (Å²) in [6.07, 6.45) is 0. The number of aryl methyl sites for hydroxylation is 1. The molecule has 0 radical (unpaired) electrons. The summed E-state index contributed by atoms with van der Waals surface area (Å²) >= 11 is 4.88. The van der Waals surface area contributed by atoms with Crippen LogP contribution in [0.15, 0.2) is 24.3 Å². The van der Waals surface area contributed by atoms with E-state index in [4.69, 9.17) is 11.8 Å². The summed E-state index contributed by atoms with van der Waals surface area (Å²) in [6.45, 7) is 2.08. The Kier molecular flexibility index (Phi) is 2.32. The van der Waals surface area contributed by atoms with Crippen LogP contribution in [0.4, 0.5) is 0 Å². The second-order valence-corrected chi connectivity index (χ2v) is 3.09. The minimum Gasteiger partial charge on any atom is -0.0619 e. The van der Waals surface area contributed by atoms with Crippen molar-refractivity contribution in [3.05, 3.63) is 29.8 Å². The molecular formula is C7H7PS. The van der Waals surface area contributed by atoms with Crippen LogP contribution in [-0.2, 0) is 11.8 Å². The van der Waals surface area contributed by atoms with Crippen LogP contribution in [0.1, 0.15) is 5.56 Å². The summed E-state index contributed by atoms with van der Waals surface area (Å²) in [7, 11) is 0.945. The summed E-state index contributed by atoms with van der Waals surface area (Å²) in [6, 6.07) is 8.18. The molecule has 0 spiro atoms. The monoisotopic (exact) mass is 154 g/mol. The lowest BCUT2D eigenvalue weighted by Gasteiger charge is -1.93. The van der Waals surface area contributed by atoms with E-state index in [0.29, 0.717) is 0 Å². The molecule has 0 aliphatic rings. The van der Waals surface area contributed by atoms with Crippen molar-refractivity contribution < 1.29 is 0 Å². The fraction of sp³-hybridized carbons (Fsp3) is 0.143. The van der Waals surface area contributed by atoms with Gasteiger partial charge in [0.15, 0.2) is 0 Å². The van der Waals surface area contributed by atoms with E-state index >= 15 is 0 Å². The molecule has 0 atom stereocenters. The van der Waals surface area contributed by atoms with Gasteiger partial charge in [0.2, 0.25) is 0 Å². The first-order valence-electron chi connectivity index (χ1n) is 2.73. The van der Waals surface area contributed by atoms with E-state index in [1.807, 2.05) is 12.1 Å². The average Bonchev–Trinajstić information content (AvgIpc) is 1.89. The lowest BCUT2D eigenvalue weighted by atomic mass is 10.2. The third-order valence-corrected chi connectivity index (χ3v) is 2.50. The van der Waals surface area contributed by atoms with Gasteiger partial charge >= 0.3 is 0 Å². The van der Waals surface area contributed by atoms with Gasteiger partial charge in [-0.05, 0) is 18.6 Å². The predicted octanol–water partition coefficient (Wildman–Crippen LogP) is 2.03. The Balaban J connectivity index is 3.15. The largest absolute Gasteiger partial charge is 0.0619 e. The smallest absolute Gasteiger partial charge is 0.0156 e. The second kappa shape index (κ2) is 3.05. The van der Waals surface area contributed by atoms with Crippen molar-refractivity contribution in [2.24, 2.45) is 0 Å². The van der Waals surface area contributed by atoms with Crippen LogP contribution in [0.5, 0.6) is 0 Å². The molecule has 0 unspecified atom stereocenters. The lowest BCUT2D eigenvalue weighted by Crippen LogP contribution is -1.94. The Morgan fingerprint density at radius 1 is 1.33 bits per heavy atom. The molecule has 0 nitrogen and oxygen atoms in total. The Labute approximate surface area is 61.7 Å². The zero-order valence-electron chi connectivity index (χ0n) is 5.16. The zero-order chi connectivity index (χ0) is 6.69.